The summed E-state index contributed by atoms with van der Waals surface area (Å²) in [6, 6.07) is 0.648. The fourth-order valence-electron chi connectivity index (χ4n) is 2.57. The second-order valence-electron chi connectivity index (χ2n) is 4.65. The zero-order chi connectivity index (χ0) is 12.1. The van der Waals surface area contributed by atoms with Crippen LogP contribution in [-0.4, -0.2) is 29.6 Å². The van der Waals surface area contributed by atoms with Crippen molar-refractivity contribution in [3.05, 3.63) is 18.0 Å². The van der Waals surface area contributed by atoms with Crippen LogP contribution in [-0.2, 0) is 6.54 Å². The van der Waals surface area contributed by atoms with E-state index in [1.54, 1.807) is 0 Å². The van der Waals surface area contributed by atoms with Gasteiger partial charge in [-0.05, 0) is 26.8 Å². The summed E-state index contributed by atoms with van der Waals surface area (Å²) >= 11 is 0. The van der Waals surface area contributed by atoms with Gasteiger partial charge in [0.05, 0.1) is 0 Å². The van der Waals surface area contributed by atoms with E-state index in [1.165, 1.54) is 25.7 Å². The van der Waals surface area contributed by atoms with Gasteiger partial charge in [0.15, 0.2) is 0 Å². The first kappa shape index (κ1) is 12.3. The van der Waals surface area contributed by atoms with E-state index in [2.05, 4.69) is 27.1 Å². The highest BCUT2D eigenvalue weighted by atomic mass is 15.3. The highest BCUT2D eigenvalue weighted by molar-refractivity contribution is 5.31. The van der Waals surface area contributed by atoms with Crippen LogP contribution in [0.4, 0.5) is 5.95 Å². The second kappa shape index (κ2) is 5.96. The van der Waals surface area contributed by atoms with Crippen molar-refractivity contribution < 1.29 is 0 Å². The molecule has 4 heteroatoms. The summed E-state index contributed by atoms with van der Waals surface area (Å²) in [5, 5.41) is 3.11. The smallest absolute Gasteiger partial charge is 0.225 e. The number of nitrogens with zero attached hydrogens (tertiary/aromatic N) is 3. The zero-order valence-corrected chi connectivity index (χ0v) is 10.8. The molecule has 1 N–H and O–H groups in total. The summed E-state index contributed by atoms with van der Waals surface area (Å²) in [4.78, 5) is 11.3. The number of nitrogens with one attached hydrogen (secondary N) is 1. The van der Waals surface area contributed by atoms with Crippen LogP contribution in [0.25, 0.3) is 0 Å². The molecule has 0 radical (unpaired) electrons. The molecule has 1 fully saturated rings. The Bertz CT molecular complexity index is 330. The van der Waals surface area contributed by atoms with Crippen molar-refractivity contribution in [2.24, 2.45) is 0 Å². The Morgan fingerprint density at radius 2 is 1.94 bits per heavy atom. The molecule has 0 saturated heterocycles. The summed E-state index contributed by atoms with van der Waals surface area (Å²) in [5.74, 6) is 0.888. The SMILES string of the molecule is CCN(c1ncc(CNC)cn1)C1CCCC1. The first-order valence-corrected chi connectivity index (χ1v) is 6.57. The van der Waals surface area contributed by atoms with E-state index in [1.807, 2.05) is 19.4 Å². The molecular weight excluding hydrogens is 212 g/mol. The Kier molecular flexibility index (Phi) is 4.31. The predicted octanol–water partition coefficient (Wildman–Crippen LogP) is 1.96. The highest BCUT2D eigenvalue weighted by Gasteiger charge is 2.23. The summed E-state index contributed by atoms with van der Waals surface area (Å²) in [7, 11) is 1.94. The van der Waals surface area contributed by atoms with Crippen LogP contribution in [0.1, 0.15) is 38.2 Å². The minimum atomic E-state index is 0.648. The van der Waals surface area contributed by atoms with Crippen LogP contribution in [0.2, 0.25) is 0 Å². The van der Waals surface area contributed by atoms with Crippen molar-refractivity contribution in [3.63, 3.8) is 0 Å². The number of hydrogen-bond donors (Lipinski definition) is 1. The molecule has 0 spiro atoms. The first-order valence-electron chi connectivity index (χ1n) is 6.57. The van der Waals surface area contributed by atoms with E-state index < -0.39 is 0 Å². The van der Waals surface area contributed by atoms with Gasteiger partial charge >= 0.3 is 0 Å². The molecule has 0 aromatic carbocycles. The molecule has 4 nitrogen and oxygen atoms in total. The van der Waals surface area contributed by atoms with Crippen molar-refractivity contribution >= 4 is 5.95 Å². The molecule has 1 aromatic heterocycles. The summed E-state index contributed by atoms with van der Waals surface area (Å²) < 4.78 is 0. The van der Waals surface area contributed by atoms with E-state index in [0.717, 1.165) is 24.6 Å². The van der Waals surface area contributed by atoms with Crippen LogP contribution in [0.3, 0.4) is 0 Å². The largest absolute Gasteiger partial charge is 0.338 e. The molecule has 1 aromatic rings. The Morgan fingerprint density at radius 3 is 2.47 bits per heavy atom. The van der Waals surface area contributed by atoms with E-state index in [0.29, 0.717) is 6.04 Å². The molecule has 0 atom stereocenters. The first-order chi connectivity index (χ1) is 8.35. The molecule has 0 bridgehead atoms. The fourth-order valence-corrected chi connectivity index (χ4v) is 2.57. The van der Waals surface area contributed by atoms with Crippen LogP contribution >= 0.6 is 0 Å². The highest BCUT2D eigenvalue weighted by Crippen LogP contribution is 2.25. The monoisotopic (exact) mass is 234 g/mol. The molecule has 0 unspecified atom stereocenters. The van der Waals surface area contributed by atoms with Gasteiger partial charge in [-0.15, -0.1) is 0 Å². The molecule has 1 aliphatic carbocycles. The molecule has 17 heavy (non-hydrogen) atoms. The van der Waals surface area contributed by atoms with Crippen molar-refractivity contribution in [2.45, 2.75) is 45.2 Å². The van der Waals surface area contributed by atoms with Gasteiger partial charge in [-0.2, -0.15) is 0 Å². The van der Waals surface area contributed by atoms with Gasteiger partial charge in [0.1, 0.15) is 0 Å². The van der Waals surface area contributed by atoms with Crippen molar-refractivity contribution in [2.75, 3.05) is 18.5 Å². The maximum absolute atomic E-state index is 4.49. The van der Waals surface area contributed by atoms with Gasteiger partial charge < -0.3 is 10.2 Å². The summed E-state index contributed by atoms with van der Waals surface area (Å²) in [6.45, 7) is 4.01. The van der Waals surface area contributed by atoms with Gasteiger partial charge in [-0.25, -0.2) is 9.97 Å². The minimum absolute atomic E-state index is 0.648. The number of anilines is 1. The lowest BCUT2D eigenvalue weighted by Crippen LogP contribution is -2.34. The Labute approximate surface area is 103 Å². The van der Waals surface area contributed by atoms with Crippen molar-refractivity contribution in [3.8, 4) is 0 Å². The molecule has 1 heterocycles. The third-order valence-corrected chi connectivity index (χ3v) is 3.44. The third-order valence-electron chi connectivity index (χ3n) is 3.44. The molecular formula is C13H22N4. The second-order valence-corrected chi connectivity index (χ2v) is 4.65. The summed E-state index contributed by atoms with van der Waals surface area (Å²) in [6.07, 6.45) is 9.12. The number of hydrogen-bond acceptors (Lipinski definition) is 4. The fraction of sp³-hybridized carbons (Fsp3) is 0.692. The minimum Gasteiger partial charge on any atom is -0.338 e. The molecule has 0 aliphatic heterocycles. The van der Waals surface area contributed by atoms with Gasteiger partial charge in [-0.3, -0.25) is 0 Å². The van der Waals surface area contributed by atoms with Crippen LogP contribution < -0.4 is 10.2 Å². The normalized spacial score (nSPS) is 16.4. The van der Waals surface area contributed by atoms with Gasteiger partial charge in [0, 0.05) is 37.1 Å². The lowest BCUT2D eigenvalue weighted by Gasteiger charge is -2.27. The van der Waals surface area contributed by atoms with Crippen molar-refractivity contribution in [1.29, 1.82) is 0 Å². The Hall–Kier alpha value is -1.16. The van der Waals surface area contributed by atoms with E-state index >= 15 is 0 Å². The van der Waals surface area contributed by atoms with Gasteiger partial charge in [0.25, 0.3) is 0 Å². The third kappa shape index (κ3) is 2.94. The average molecular weight is 234 g/mol. The molecule has 94 valence electrons. The lowest BCUT2D eigenvalue weighted by atomic mass is 10.2. The maximum atomic E-state index is 4.49. The van der Waals surface area contributed by atoms with Gasteiger partial charge in [-0.1, -0.05) is 12.8 Å². The summed E-state index contributed by atoms with van der Waals surface area (Å²) in [5.41, 5.74) is 1.14. The zero-order valence-electron chi connectivity index (χ0n) is 10.8. The lowest BCUT2D eigenvalue weighted by molar-refractivity contribution is 0.604. The van der Waals surface area contributed by atoms with E-state index in [-0.39, 0.29) is 0 Å². The predicted molar refractivity (Wildman–Crippen MR) is 70.1 cm³/mol. The quantitative estimate of drug-likeness (QED) is 0.845. The van der Waals surface area contributed by atoms with Crippen LogP contribution in [0.5, 0.6) is 0 Å². The standard InChI is InChI=1S/C13H22N4/c1-3-17(12-6-4-5-7-12)13-15-9-11(8-14-2)10-16-13/h9-10,12,14H,3-8H2,1-2H3. The Morgan fingerprint density at radius 1 is 1.29 bits per heavy atom. The molecule has 1 aliphatic rings. The molecule has 0 amide bonds. The average Bonchev–Trinajstić information content (AvgIpc) is 2.86. The van der Waals surface area contributed by atoms with Crippen molar-refractivity contribution in [1.82, 2.24) is 15.3 Å². The molecule has 2 rings (SSSR count). The van der Waals surface area contributed by atoms with E-state index in [9.17, 15) is 0 Å². The topological polar surface area (TPSA) is 41.1 Å². The molecule has 1 saturated carbocycles. The number of rotatable bonds is 5. The van der Waals surface area contributed by atoms with E-state index in [4.69, 9.17) is 0 Å². The Balaban J connectivity index is 2.07. The maximum Gasteiger partial charge on any atom is 0.225 e. The van der Waals surface area contributed by atoms with Crippen LogP contribution in [0.15, 0.2) is 12.4 Å². The van der Waals surface area contributed by atoms with Crippen LogP contribution in [0, 0.1) is 0 Å². The number of aromatic nitrogens is 2. The van der Waals surface area contributed by atoms with Gasteiger partial charge in [0.2, 0.25) is 5.95 Å².